The summed E-state index contributed by atoms with van der Waals surface area (Å²) in [4.78, 5) is 2.54. The van der Waals surface area contributed by atoms with Crippen LogP contribution in [-0.4, -0.2) is 0 Å². The van der Waals surface area contributed by atoms with Crippen LogP contribution >= 0.6 is 0 Å². The van der Waals surface area contributed by atoms with Gasteiger partial charge in [-0.1, -0.05) is 107 Å². The number of anilines is 3. The smallest absolute Gasteiger partial charge is 0.131 e. The number of para-hydroxylation sites is 1. The molecule has 6 aliphatic rings. The minimum absolute atomic E-state index is 0.000628. The Morgan fingerprint density at radius 1 is 0.500 bits per heavy atom. The topological polar surface area (TPSA) is 12.5 Å². The van der Waals surface area contributed by atoms with Gasteiger partial charge < -0.3 is 9.64 Å². The fraction of sp³-hybridized carbons (Fsp3) is 0.346. The minimum Gasteiger partial charge on any atom is -0.457 e. The summed E-state index contributed by atoms with van der Waals surface area (Å²) in [7, 11) is 0. The van der Waals surface area contributed by atoms with Gasteiger partial charge in [0.2, 0.25) is 0 Å². The molecule has 6 aromatic carbocycles. The molecular formula is C52H51NO. The van der Waals surface area contributed by atoms with E-state index in [0.717, 1.165) is 23.3 Å². The molecule has 5 aliphatic carbocycles. The van der Waals surface area contributed by atoms with Gasteiger partial charge in [0, 0.05) is 33.6 Å². The van der Waals surface area contributed by atoms with Crippen LogP contribution in [0.25, 0.3) is 21.9 Å². The first-order valence-electron chi connectivity index (χ1n) is 20.6. The van der Waals surface area contributed by atoms with Crippen LogP contribution in [0.2, 0.25) is 0 Å². The summed E-state index contributed by atoms with van der Waals surface area (Å²) < 4.78 is 6.86. The zero-order chi connectivity index (χ0) is 36.4. The molecule has 0 unspecified atom stereocenters. The molecule has 2 nitrogen and oxygen atoms in total. The first-order chi connectivity index (χ1) is 26.2. The maximum absolute atomic E-state index is 6.86. The SMILES string of the molecule is CC1(C)CCC(C)(C)c2cc(N(c3ccc(-c4cccc5ccccc45)cc3)c3ccc4c(c3)C3(c5ccccc5O4)C4CC5CC(C4)CC3C5)ccc21. The summed E-state index contributed by atoms with van der Waals surface area (Å²) >= 11 is 0. The zero-order valence-corrected chi connectivity index (χ0v) is 32.2. The predicted molar refractivity (Wildman–Crippen MR) is 224 cm³/mol. The summed E-state index contributed by atoms with van der Waals surface area (Å²) in [5.41, 5.74) is 12.3. The van der Waals surface area contributed by atoms with Crippen LogP contribution in [0.1, 0.15) is 94.9 Å². The normalized spacial score (nSPS) is 26.5. The highest BCUT2D eigenvalue weighted by Crippen LogP contribution is 2.69. The molecule has 0 saturated heterocycles. The molecule has 270 valence electrons. The van der Waals surface area contributed by atoms with Gasteiger partial charge in [-0.25, -0.2) is 0 Å². The lowest BCUT2D eigenvalue weighted by Crippen LogP contribution is -2.57. The highest BCUT2D eigenvalue weighted by Gasteiger charge is 2.61. The molecule has 54 heavy (non-hydrogen) atoms. The van der Waals surface area contributed by atoms with Crippen molar-refractivity contribution in [1.82, 2.24) is 0 Å². The van der Waals surface area contributed by atoms with Crippen molar-refractivity contribution < 1.29 is 4.74 Å². The van der Waals surface area contributed by atoms with Crippen LogP contribution in [0.5, 0.6) is 11.5 Å². The third kappa shape index (κ3) is 4.71. The van der Waals surface area contributed by atoms with Crippen LogP contribution in [0.3, 0.4) is 0 Å². The van der Waals surface area contributed by atoms with Crippen LogP contribution in [0.15, 0.2) is 127 Å². The van der Waals surface area contributed by atoms with Crippen molar-refractivity contribution in [3.05, 3.63) is 150 Å². The Morgan fingerprint density at radius 2 is 1.09 bits per heavy atom. The molecule has 0 aromatic heterocycles. The third-order valence-electron chi connectivity index (χ3n) is 15.0. The Kier molecular flexibility index (Phi) is 7.00. The minimum atomic E-state index is -0.000628. The van der Waals surface area contributed by atoms with E-state index in [1.165, 1.54) is 106 Å². The van der Waals surface area contributed by atoms with Crippen LogP contribution in [-0.2, 0) is 16.2 Å². The summed E-state index contributed by atoms with van der Waals surface area (Å²) in [5.74, 6) is 5.23. The van der Waals surface area contributed by atoms with Gasteiger partial charge in [-0.2, -0.15) is 0 Å². The summed E-state index contributed by atoms with van der Waals surface area (Å²) in [6.07, 6.45) is 9.24. The van der Waals surface area contributed by atoms with E-state index in [1.807, 2.05) is 0 Å². The molecule has 4 saturated carbocycles. The molecule has 2 heteroatoms. The lowest BCUT2D eigenvalue weighted by molar-refractivity contribution is -0.0452. The zero-order valence-electron chi connectivity index (χ0n) is 32.2. The first-order valence-corrected chi connectivity index (χ1v) is 20.6. The van der Waals surface area contributed by atoms with Gasteiger partial charge in [-0.15, -0.1) is 0 Å². The fourth-order valence-corrected chi connectivity index (χ4v) is 12.5. The maximum Gasteiger partial charge on any atom is 0.131 e. The second-order valence-electron chi connectivity index (χ2n) is 18.9. The van der Waals surface area contributed by atoms with Crippen molar-refractivity contribution in [2.75, 3.05) is 4.90 Å². The molecule has 12 rings (SSSR count). The second kappa shape index (κ2) is 11.6. The largest absolute Gasteiger partial charge is 0.457 e. The van der Waals surface area contributed by atoms with Crippen molar-refractivity contribution in [3.63, 3.8) is 0 Å². The Hall–Kier alpha value is -4.82. The Morgan fingerprint density at radius 3 is 1.85 bits per heavy atom. The molecule has 0 atom stereocenters. The molecular weight excluding hydrogens is 655 g/mol. The molecule has 6 aromatic rings. The number of nitrogens with zero attached hydrogens (tertiary/aromatic N) is 1. The fourth-order valence-electron chi connectivity index (χ4n) is 12.5. The second-order valence-corrected chi connectivity index (χ2v) is 18.9. The molecule has 4 bridgehead atoms. The van der Waals surface area contributed by atoms with Gasteiger partial charge in [-0.05, 0) is 161 Å². The van der Waals surface area contributed by atoms with Gasteiger partial charge in [0.05, 0.1) is 0 Å². The van der Waals surface area contributed by atoms with Crippen LogP contribution in [0, 0.1) is 23.7 Å². The quantitative estimate of drug-likeness (QED) is 0.181. The van der Waals surface area contributed by atoms with Crippen molar-refractivity contribution in [2.45, 2.75) is 88.9 Å². The van der Waals surface area contributed by atoms with Crippen molar-refractivity contribution in [3.8, 4) is 22.6 Å². The standard InChI is InChI=1S/C52H51NO/c1-50(2)24-25-51(3,4)46-31-40(20-22-44(46)50)53(39-18-16-36(17-19-39)43-13-9-11-35-10-5-6-12-42(35)43)41-21-23-49-47(32-41)52(45-14-7-8-15-48(45)54-49)37-27-33-26-34(29-37)30-38(52)28-33/h5-23,31-34,37-38H,24-30H2,1-4H3. The van der Waals surface area contributed by atoms with E-state index >= 15 is 0 Å². The molecule has 1 spiro atoms. The average molecular weight is 706 g/mol. The van der Waals surface area contributed by atoms with Gasteiger partial charge in [-0.3, -0.25) is 0 Å². The van der Waals surface area contributed by atoms with E-state index in [-0.39, 0.29) is 16.2 Å². The summed E-state index contributed by atoms with van der Waals surface area (Å²) in [6.45, 7) is 9.74. The van der Waals surface area contributed by atoms with E-state index in [1.54, 1.807) is 0 Å². The van der Waals surface area contributed by atoms with Gasteiger partial charge in [0.15, 0.2) is 0 Å². The van der Waals surface area contributed by atoms with E-state index in [0.29, 0.717) is 11.8 Å². The lowest BCUT2D eigenvalue weighted by Gasteiger charge is -2.63. The summed E-state index contributed by atoms with van der Waals surface area (Å²) in [5, 5.41) is 2.57. The Balaban J connectivity index is 1.10. The average Bonchev–Trinajstić information content (AvgIpc) is 3.18. The molecule has 0 radical (unpaired) electrons. The van der Waals surface area contributed by atoms with E-state index in [4.69, 9.17) is 4.74 Å². The lowest BCUT2D eigenvalue weighted by atomic mass is 9.42. The van der Waals surface area contributed by atoms with E-state index in [2.05, 4.69) is 160 Å². The van der Waals surface area contributed by atoms with Crippen molar-refractivity contribution in [1.29, 1.82) is 0 Å². The van der Waals surface area contributed by atoms with Gasteiger partial charge in [0.25, 0.3) is 0 Å². The predicted octanol–water partition coefficient (Wildman–Crippen LogP) is 14.2. The van der Waals surface area contributed by atoms with E-state index in [9.17, 15) is 0 Å². The number of hydrogen-bond donors (Lipinski definition) is 0. The monoisotopic (exact) mass is 705 g/mol. The van der Waals surface area contributed by atoms with Crippen molar-refractivity contribution in [2.24, 2.45) is 23.7 Å². The number of fused-ring (bicyclic) bond motifs is 4. The molecule has 1 heterocycles. The van der Waals surface area contributed by atoms with Gasteiger partial charge >= 0.3 is 0 Å². The Bertz CT molecular complexity index is 2420. The van der Waals surface area contributed by atoms with E-state index < -0.39 is 0 Å². The highest BCUT2D eigenvalue weighted by molar-refractivity contribution is 5.97. The molecule has 1 aliphatic heterocycles. The number of ether oxygens (including phenoxy) is 1. The van der Waals surface area contributed by atoms with Gasteiger partial charge in [0.1, 0.15) is 11.5 Å². The Labute approximate surface area is 321 Å². The maximum atomic E-state index is 6.86. The van der Waals surface area contributed by atoms with Crippen LogP contribution < -0.4 is 9.64 Å². The number of hydrogen-bond acceptors (Lipinski definition) is 2. The number of benzene rings is 6. The number of rotatable bonds is 4. The van der Waals surface area contributed by atoms with Crippen LogP contribution in [0.4, 0.5) is 17.1 Å². The highest BCUT2D eigenvalue weighted by atomic mass is 16.5. The summed E-state index contributed by atoms with van der Waals surface area (Å²) in [6, 6.07) is 48.3. The molecule has 4 fully saturated rings. The molecule has 0 amide bonds. The third-order valence-corrected chi connectivity index (χ3v) is 15.0. The van der Waals surface area contributed by atoms with Crippen molar-refractivity contribution >= 4 is 27.8 Å². The molecule has 0 N–H and O–H groups in total. The first kappa shape index (κ1) is 32.6.